The Hall–Kier alpha value is -1.17. The Kier molecular flexibility index (Phi) is 1.95. The third kappa shape index (κ3) is 1.45. The van der Waals surface area contributed by atoms with Gasteiger partial charge in [-0.05, 0) is 6.92 Å². The zero-order valence-electron chi connectivity index (χ0n) is 7.94. The average molecular weight is 214 g/mol. The van der Waals surface area contributed by atoms with Crippen LogP contribution in [0.5, 0.6) is 5.88 Å². The maximum Gasteiger partial charge on any atom is 0.250 e. The zero-order valence-corrected chi connectivity index (χ0v) is 8.76. The van der Waals surface area contributed by atoms with Gasteiger partial charge in [-0.25, -0.2) is 13.4 Å². The standard InChI is InChI=1S/C8H10N2O3S/c1-5-6-3-4-13-7(6)10-8(9-5)14(2,11)12/h3-4H2,1-2H3. The minimum atomic E-state index is -3.35. The Balaban J connectivity index is 2.64. The maximum absolute atomic E-state index is 11.2. The molecule has 0 aliphatic carbocycles. The Morgan fingerprint density at radius 1 is 1.36 bits per heavy atom. The molecule has 0 saturated carbocycles. The second-order valence-corrected chi connectivity index (χ2v) is 5.16. The molecule has 1 aliphatic rings. The summed E-state index contributed by atoms with van der Waals surface area (Å²) in [5, 5.41) is -0.157. The van der Waals surface area contributed by atoms with Crippen molar-refractivity contribution in [1.82, 2.24) is 9.97 Å². The number of fused-ring (bicyclic) bond motifs is 1. The Morgan fingerprint density at radius 3 is 2.71 bits per heavy atom. The van der Waals surface area contributed by atoms with E-state index in [9.17, 15) is 8.42 Å². The van der Waals surface area contributed by atoms with E-state index < -0.39 is 9.84 Å². The lowest BCUT2D eigenvalue weighted by Crippen LogP contribution is -2.06. The third-order valence-corrected chi connectivity index (χ3v) is 2.92. The van der Waals surface area contributed by atoms with Gasteiger partial charge in [0, 0.05) is 23.9 Å². The predicted molar refractivity (Wildman–Crippen MR) is 49.1 cm³/mol. The van der Waals surface area contributed by atoms with Crippen molar-refractivity contribution in [2.24, 2.45) is 0 Å². The van der Waals surface area contributed by atoms with Crippen molar-refractivity contribution in [2.45, 2.75) is 18.5 Å². The second-order valence-electron chi connectivity index (χ2n) is 3.25. The van der Waals surface area contributed by atoms with Crippen molar-refractivity contribution in [1.29, 1.82) is 0 Å². The van der Waals surface area contributed by atoms with Crippen molar-refractivity contribution in [3.63, 3.8) is 0 Å². The molecule has 0 saturated heterocycles. The van der Waals surface area contributed by atoms with Gasteiger partial charge in [0.2, 0.25) is 20.9 Å². The topological polar surface area (TPSA) is 69.2 Å². The molecule has 76 valence electrons. The first-order valence-corrected chi connectivity index (χ1v) is 6.08. The van der Waals surface area contributed by atoms with Crippen LogP contribution >= 0.6 is 0 Å². The summed E-state index contributed by atoms with van der Waals surface area (Å²) >= 11 is 0. The normalized spacial score (nSPS) is 15.0. The number of sulfone groups is 1. The van der Waals surface area contributed by atoms with Crippen LogP contribution in [0, 0.1) is 6.92 Å². The molecule has 0 aromatic carbocycles. The van der Waals surface area contributed by atoms with E-state index in [0.29, 0.717) is 18.2 Å². The third-order valence-electron chi connectivity index (χ3n) is 2.08. The molecule has 0 unspecified atom stereocenters. The highest BCUT2D eigenvalue weighted by Crippen LogP contribution is 2.25. The molecule has 6 heteroatoms. The fraction of sp³-hybridized carbons (Fsp3) is 0.500. The summed E-state index contributed by atoms with van der Waals surface area (Å²) < 4.78 is 27.6. The molecule has 1 aromatic rings. The minimum absolute atomic E-state index is 0.157. The van der Waals surface area contributed by atoms with Crippen LogP contribution in [0.3, 0.4) is 0 Å². The van der Waals surface area contributed by atoms with Gasteiger partial charge >= 0.3 is 0 Å². The zero-order chi connectivity index (χ0) is 10.3. The van der Waals surface area contributed by atoms with Crippen LogP contribution in [0.15, 0.2) is 5.16 Å². The van der Waals surface area contributed by atoms with Crippen LogP contribution in [0.1, 0.15) is 11.3 Å². The molecule has 0 amide bonds. The van der Waals surface area contributed by atoms with Crippen molar-refractivity contribution >= 4 is 9.84 Å². The molecule has 0 radical (unpaired) electrons. The van der Waals surface area contributed by atoms with Crippen LogP contribution < -0.4 is 4.74 Å². The molecule has 0 atom stereocenters. The second kappa shape index (κ2) is 2.91. The van der Waals surface area contributed by atoms with Gasteiger partial charge in [0.05, 0.1) is 6.61 Å². The fourth-order valence-electron chi connectivity index (χ4n) is 1.37. The molecule has 2 rings (SSSR count). The highest BCUT2D eigenvalue weighted by atomic mass is 32.2. The van der Waals surface area contributed by atoms with Gasteiger partial charge in [0.15, 0.2) is 0 Å². The van der Waals surface area contributed by atoms with Gasteiger partial charge in [-0.2, -0.15) is 4.98 Å². The molecule has 0 bridgehead atoms. The SMILES string of the molecule is Cc1nc(S(C)(=O)=O)nc2c1CCO2. The molecule has 14 heavy (non-hydrogen) atoms. The summed E-state index contributed by atoms with van der Waals surface area (Å²) in [5.74, 6) is 0.415. The van der Waals surface area contributed by atoms with Crippen molar-refractivity contribution in [3.05, 3.63) is 11.3 Å². The Bertz CT molecular complexity index is 482. The lowest BCUT2D eigenvalue weighted by atomic mass is 10.2. The Labute approximate surface area is 82.1 Å². The van der Waals surface area contributed by atoms with Gasteiger partial charge in [-0.15, -0.1) is 0 Å². The maximum atomic E-state index is 11.2. The molecular formula is C8H10N2O3S. The van der Waals surface area contributed by atoms with E-state index in [2.05, 4.69) is 9.97 Å². The van der Waals surface area contributed by atoms with Crippen LogP contribution in [0.25, 0.3) is 0 Å². The quantitative estimate of drug-likeness (QED) is 0.621. The molecule has 1 aromatic heterocycles. The molecule has 1 aliphatic heterocycles. The largest absolute Gasteiger partial charge is 0.477 e. The monoisotopic (exact) mass is 214 g/mol. The van der Waals surface area contributed by atoms with Crippen molar-refractivity contribution in [2.75, 3.05) is 12.9 Å². The van der Waals surface area contributed by atoms with Gasteiger partial charge in [0.1, 0.15) is 0 Å². The molecule has 0 fully saturated rings. The van der Waals surface area contributed by atoms with Gasteiger partial charge in [-0.1, -0.05) is 0 Å². The van der Waals surface area contributed by atoms with E-state index in [0.717, 1.165) is 18.2 Å². The van der Waals surface area contributed by atoms with E-state index in [1.54, 1.807) is 6.92 Å². The summed E-state index contributed by atoms with van der Waals surface area (Å²) in [7, 11) is -3.35. The van der Waals surface area contributed by atoms with Crippen molar-refractivity contribution < 1.29 is 13.2 Å². The highest BCUT2D eigenvalue weighted by Gasteiger charge is 2.22. The molecule has 0 N–H and O–H groups in total. The van der Waals surface area contributed by atoms with Gasteiger partial charge < -0.3 is 4.74 Å². The summed E-state index contributed by atoms with van der Waals surface area (Å²) in [6.07, 6.45) is 1.84. The lowest BCUT2D eigenvalue weighted by molar-refractivity contribution is 0.341. The molecule has 5 nitrogen and oxygen atoms in total. The van der Waals surface area contributed by atoms with Gasteiger partial charge in [0.25, 0.3) is 0 Å². The summed E-state index contributed by atoms with van der Waals surface area (Å²) in [4.78, 5) is 7.80. The van der Waals surface area contributed by atoms with Crippen LogP contribution in [-0.2, 0) is 16.3 Å². The average Bonchev–Trinajstić information content (AvgIpc) is 2.50. The van der Waals surface area contributed by atoms with Crippen LogP contribution in [0.2, 0.25) is 0 Å². The van der Waals surface area contributed by atoms with Crippen LogP contribution in [-0.4, -0.2) is 31.2 Å². The first-order chi connectivity index (χ1) is 6.48. The number of aromatic nitrogens is 2. The van der Waals surface area contributed by atoms with Crippen molar-refractivity contribution in [3.8, 4) is 5.88 Å². The molecular weight excluding hydrogens is 204 g/mol. The van der Waals surface area contributed by atoms with E-state index in [4.69, 9.17) is 4.74 Å². The number of rotatable bonds is 1. The number of nitrogens with zero attached hydrogens (tertiary/aromatic N) is 2. The minimum Gasteiger partial charge on any atom is -0.477 e. The molecule has 2 heterocycles. The Morgan fingerprint density at radius 2 is 2.07 bits per heavy atom. The lowest BCUT2D eigenvalue weighted by Gasteiger charge is -2.03. The summed E-state index contributed by atoms with van der Waals surface area (Å²) in [6.45, 7) is 2.32. The number of hydrogen-bond acceptors (Lipinski definition) is 5. The van der Waals surface area contributed by atoms with E-state index in [1.807, 2.05) is 0 Å². The fourth-order valence-corrected chi connectivity index (χ4v) is 1.92. The first-order valence-electron chi connectivity index (χ1n) is 4.19. The predicted octanol–water partition coefficient (Wildman–Crippen LogP) is 0.123. The number of ether oxygens (including phenoxy) is 1. The van der Waals surface area contributed by atoms with E-state index >= 15 is 0 Å². The first kappa shape index (κ1) is 9.39. The van der Waals surface area contributed by atoms with E-state index in [-0.39, 0.29) is 5.16 Å². The molecule has 0 spiro atoms. The van der Waals surface area contributed by atoms with Gasteiger partial charge in [-0.3, -0.25) is 0 Å². The van der Waals surface area contributed by atoms with E-state index in [1.165, 1.54) is 0 Å². The highest BCUT2D eigenvalue weighted by molar-refractivity contribution is 7.90. The van der Waals surface area contributed by atoms with Crippen LogP contribution in [0.4, 0.5) is 0 Å². The summed E-state index contributed by atoms with van der Waals surface area (Å²) in [5.41, 5.74) is 1.60. The number of hydrogen-bond donors (Lipinski definition) is 0. The smallest absolute Gasteiger partial charge is 0.250 e. The summed E-state index contributed by atoms with van der Waals surface area (Å²) in [6, 6.07) is 0. The number of aryl methyl sites for hydroxylation is 1.